The second-order valence-corrected chi connectivity index (χ2v) is 4.90. The number of hydrogen-bond donors (Lipinski definition) is 1. The van der Waals surface area contributed by atoms with Gasteiger partial charge in [-0.1, -0.05) is 25.0 Å². The summed E-state index contributed by atoms with van der Waals surface area (Å²) in [5.74, 6) is 0. The highest BCUT2D eigenvalue weighted by molar-refractivity contribution is 5.71. The molecule has 2 rings (SSSR count). The van der Waals surface area contributed by atoms with Gasteiger partial charge in [-0.2, -0.15) is 0 Å². The van der Waals surface area contributed by atoms with Gasteiger partial charge in [-0.25, -0.2) is 9.13 Å². The molecule has 0 aliphatic carbocycles. The van der Waals surface area contributed by atoms with E-state index in [0.717, 1.165) is 19.4 Å². The Balaban J connectivity index is 1.88. The Bertz CT molecular complexity index is 490. The highest BCUT2D eigenvalue weighted by Crippen LogP contribution is 2.12. The van der Waals surface area contributed by atoms with E-state index in [2.05, 4.69) is 46.8 Å². The predicted molar refractivity (Wildman–Crippen MR) is 73.3 cm³/mol. The third-order valence-corrected chi connectivity index (χ3v) is 3.44. The number of fused-ring (bicyclic) bond motifs is 1. The molecule has 0 bridgehead atoms. The molecule has 98 valence electrons. The molecule has 0 unspecified atom stereocenters. The zero-order chi connectivity index (χ0) is 12.8. The number of aromatic nitrogens is 2. The molecular weight excluding hydrogens is 224 g/mol. The van der Waals surface area contributed by atoms with Gasteiger partial charge in [0.15, 0.2) is 11.0 Å². The third-order valence-electron chi connectivity index (χ3n) is 3.44. The van der Waals surface area contributed by atoms with E-state index in [1.165, 1.54) is 30.3 Å². The average Bonchev–Trinajstić information content (AvgIpc) is 2.71. The summed E-state index contributed by atoms with van der Waals surface area (Å²) in [5, 5.41) is 8.72. The number of rotatable bonds is 7. The molecule has 1 aromatic heterocycles. The van der Waals surface area contributed by atoms with E-state index in [1.54, 1.807) is 0 Å². The summed E-state index contributed by atoms with van der Waals surface area (Å²) in [5.41, 5.74) is 2.60. The normalized spacial score (nSPS) is 11.2. The minimum atomic E-state index is 0.331. The van der Waals surface area contributed by atoms with Gasteiger partial charge in [0.25, 0.3) is 0 Å². The van der Waals surface area contributed by atoms with E-state index in [-0.39, 0.29) is 0 Å². The van der Waals surface area contributed by atoms with E-state index >= 15 is 0 Å². The van der Waals surface area contributed by atoms with Crippen molar-refractivity contribution in [3.63, 3.8) is 0 Å². The lowest BCUT2D eigenvalue weighted by molar-refractivity contribution is -0.645. The third kappa shape index (κ3) is 3.10. The molecular formula is C15H23N2O+. The first-order valence-corrected chi connectivity index (χ1v) is 6.87. The van der Waals surface area contributed by atoms with Crippen LogP contribution in [0, 0.1) is 0 Å². The van der Waals surface area contributed by atoms with Gasteiger partial charge in [0, 0.05) is 6.61 Å². The van der Waals surface area contributed by atoms with E-state index in [4.69, 9.17) is 5.11 Å². The zero-order valence-corrected chi connectivity index (χ0v) is 11.2. The summed E-state index contributed by atoms with van der Waals surface area (Å²) < 4.78 is 4.52. The molecule has 1 heterocycles. The number of benzene rings is 1. The summed E-state index contributed by atoms with van der Waals surface area (Å²) in [6, 6.07) is 8.52. The van der Waals surface area contributed by atoms with Gasteiger partial charge in [-0.05, 0) is 31.4 Å². The molecule has 0 aliphatic rings. The van der Waals surface area contributed by atoms with Crippen LogP contribution >= 0.6 is 0 Å². The van der Waals surface area contributed by atoms with Crippen molar-refractivity contribution >= 4 is 11.0 Å². The van der Waals surface area contributed by atoms with Crippen LogP contribution in [0.2, 0.25) is 0 Å². The van der Waals surface area contributed by atoms with Crippen molar-refractivity contribution in [1.29, 1.82) is 0 Å². The maximum Gasteiger partial charge on any atom is 0.244 e. The van der Waals surface area contributed by atoms with Crippen LogP contribution in [0.4, 0.5) is 0 Å². The van der Waals surface area contributed by atoms with Gasteiger partial charge >= 0.3 is 0 Å². The molecule has 0 saturated heterocycles. The Kier molecular flexibility index (Phi) is 4.76. The Morgan fingerprint density at radius 3 is 2.61 bits per heavy atom. The molecule has 0 spiro atoms. The molecule has 18 heavy (non-hydrogen) atoms. The second kappa shape index (κ2) is 6.55. The second-order valence-electron chi connectivity index (χ2n) is 4.90. The van der Waals surface area contributed by atoms with Crippen LogP contribution in [-0.4, -0.2) is 16.3 Å². The Labute approximate surface area is 109 Å². The number of hydrogen-bond acceptors (Lipinski definition) is 1. The highest BCUT2D eigenvalue weighted by atomic mass is 16.2. The number of aliphatic hydroxyl groups excluding tert-OH is 1. The van der Waals surface area contributed by atoms with Crippen LogP contribution in [0.1, 0.15) is 32.1 Å². The Morgan fingerprint density at radius 1 is 1.06 bits per heavy atom. The fourth-order valence-electron chi connectivity index (χ4n) is 2.44. The zero-order valence-electron chi connectivity index (χ0n) is 11.2. The molecule has 2 aromatic rings. The van der Waals surface area contributed by atoms with Crippen molar-refractivity contribution in [3.8, 4) is 0 Å². The summed E-state index contributed by atoms with van der Waals surface area (Å²) in [6.45, 7) is 1.42. The van der Waals surface area contributed by atoms with E-state index in [0.29, 0.717) is 6.61 Å². The first-order chi connectivity index (χ1) is 8.83. The first-order valence-electron chi connectivity index (χ1n) is 6.87. The molecule has 0 amide bonds. The lowest BCUT2D eigenvalue weighted by Crippen LogP contribution is -2.25. The number of aryl methyl sites for hydroxylation is 2. The smallest absolute Gasteiger partial charge is 0.244 e. The molecule has 1 N–H and O–H groups in total. The molecule has 0 fully saturated rings. The largest absolute Gasteiger partial charge is 0.396 e. The van der Waals surface area contributed by atoms with Crippen LogP contribution in [0.15, 0.2) is 30.6 Å². The number of nitrogens with zero attached hydrogens (tertiary/aromatic N) is 2. The summed E-state index contributed by atoms with van der Waals surface area (Å²) in [7, 11) is 2.10. The standard InChI is InChI=1S/C15H23N2O/c1-16-13-17(11-7-3-2-4-8-12-18)15-10-6-5-9-14(15)16/h5-6,9-10,13,18H,2-4,7-8,11-12H2,1H3/q+1. The Morgan fingerprint density at radius 2 is 1.78 bits per heavy atom. The van der Waals surface area contributed by atoms with Crippen molar-refractivity contribution in [3.05, 3.63) is 30.6 Å². The van der Waals surface area contributed by atoms with E-state index < -0.39 is 0 Å². The summed E-state index contributed by atoms with van der Waals surface area (Å²) >= 11 is 0. The number of unbranched alkanes of at least 4 members (excludes halogenated alkanes) is 4. The number of para-hydroxylation sites is 2. The van der Waals surface area contributed by atoms with Crippen LogP contribution < -0.4 is 4.57 Å². The average molecular weight is 247 g/mol. The highest BCUT2D eigenvalue weighted by Gasteiger charge is 2.11. The van der Waals surface area contributed by atoms with E-state index in [1.807, 2.05) is 0 Å². The molecule has 1 aromatic carbocycles. The van der Waals surface area contributed by atoms with Gasteiger partial charge < -0.3 is 5.11 Å². The minimum absolute atomic E-state index is 0.331. The molecule has 0 radical (unpaired) electrons. The minimum Gasteiger partial charge on any atom is -0.396 e. The van der Waals surface area contributed by atoms with Crippen molar-refractivity contribution < 1.29 is 9.67 Å². The first kappa shape index (κ1) is 13.1. The molecule has 0 aliphatic heterocycles. The van der Waals surface area contributed by atoms with Crippen LogP contribution in [0.25, 0.3) is 11.0 Å². The summed E-state index contributed by atoms with van der Waals surface area (Å²) in [6.07, 6.45) is 7.96. The maximum atomic E-state index is 8.72. The summed E-state index contributed by atoms with van der Waals surface area (Å²) in [4.78, 5) is 0. The molecule has 0 atom stereocenters. The van der Waals surface area contributed by atoms with Crippen molar-refractivity contribution in [1.82, 2.24) is 4.57 Å². The molecule has 3 nitrogen and oxygen atoms in total. The lowest BCUT2D eigenvalue weighted by Gasteiger charge is -1.99. The van der Waals surface area contributed by atoms with Gasteiger partial charge in [0.2, 0.25) is 6.33 Å². The quantitative estimate of drug-likeness (QED) is 0.591. The van der Waals surface area contributed by atoms with Crippen molar-refractivity contribution in [2.24, 2.45) is 7.05 Å². The predicted octanol–water partition coefficient (Wildman–Crippen LogP) is 2.41. The van der Waals surface area contributed by atoms with Gasteiger partial charge in [0.1, 0.15) is 0 Å². The maximum absolute atomic E-state index is 8.72. The van der Waals surface area contributed by atoms with Crippen molar-refractivity contribution in [2.45, 2.75) is 38.6 Å². The molecule has 3 heteroatoms. The monoisotopic (exact) mass is 247 g/mol. The topological polar surface area (TPSA) is 29.0 Å². The fraction of sp³-hybridized carbons (Fsp3) is 0.533. The lowest BCUT2D eigenvalue weighted by atomic mass is 10.1. The van der Waals surface area contributed by atoms with Crippen LogP contribution in [-0.2, 0) is 13.6 Å². The fourth-order valence-corrected chi connectivity index (χ4v) is 2.44. The Hall–Kier alpha value is -1.35. The van der Waals surface area contributed by atoms with E-state index in [9.17, 15) is 0 Å². The van der Waals surface area contributed by atoms with Crippen LogP contribution in [0.5, 0.6) is 0 Å². The number of aliphatic hydroxyl groups is 1. The van der Waals surface area contributed by atoms with Gasteiger partial charge in [-0.15, -0.1) is 0 Å². The molecule has 0 saturated carbocycles. The SMILES string of the molecule is C[n+]1cn(CCCCCCCO)c2ccccc21. The van der Waals surface area contributed by atoms with Crippen molar-refractivity contribution in [2.75, 3.05) is 6.61 Å². The number of imidazole rings is 1. The van der Waals surface area contributed by atoms with Gasteiger partial charge in [0.05, 0.1) is 13.6 Å². The van der Waals surface area contributed by atoms with Crippen LogP contribution in [0.3, 0.4) is 0 Å². The van der Waals surface area contributed by atoms with Gasteiger partial charge in [-0.3, -0.25) is 0 Å².